The number of para-hydroxylation sites is 1. The molecule has 0 aromatic heterocycles. The van der Waals surface area contributed by atoms with Crippen LogP contribution < -0.4 is 4.74 Å². The van der Waals surface area contributed by atoms with Crippen molar-refractivity contribution in [2.75, 3.05) is 20.3 Å². The zero-order chi connectivity index (χ0) is 15.2. The maximum absolute atomic E-state index is 10.6. The van der Waals surface area contributed by atoms with Crippen LogP contribution >= 0.6 is 23.2 Å². The third kappa shape index (κ3) is 4.11. The maximum Gasteiger partial charge on any atom is 0.125 e. The number of hydrogen-bond donors (Lipinski definition) is 1. The number of halogens is 2. The van der Waals surface area contributed by atoms with E-state index in [1.165, 1.54) is 0 Å². The predicted octanol–water partition coefficient (Wildman–Crippen LogP) is 4.10. The Balaban J connectivity index is 2.27. The molecule has 0 saturated carbocycles. The van der Waals surface area contributed by atoms with Gasteiger partial charge in [0, 0.05) is 28.3 Å². The Morgan fingerprint density at radius 1 is 1.05 bits per heavy atom. The van der Waals surface area contributed by atoms with Crippen LogP contribution in [0.5, 0.6) is 5.75 Å². The van der Waals surface area contributed by atoms with Gasteiger partial charge in [0.25, 0.3) is 0 Å². The number of aliphatic hydroxyl groups is 1. The second-order valence-corrected chi connectivity index (χ2v) is 5.29. The van der Waals surface area contributed by atoms with Crippen molar-refractivity contribution in [3.8, 4) is 5.75 Å². The Morgan fingerprint density at radius 3 is 2.52 bits per heavy atom. The van der Waals surface area contributed by atoms with Gasteiger partial charge >= 0.3 is 0 Å². The molecule has 1 atom stereocenters. The largest absolute Gasteiger partial charge is 0.491 e. The van der Waals surface area contributed by atoms with Crippen molar-refractivity contribution in [1.29, 1.82) is 0 Å². The van der Waals surface area contributed by atoms with E-state index < -0.39 is 6.10 Å². The van der Waals surface area contributed by atoms with Gasteiger partial charge in [0.2, 0.25) is 0 Å². The molecule has 21 heavy (non-hydrogen) atoms. The highest BCUT2D eigenvalue weighted by atomic mass is 35.5. The van der Waals surface area contributed by atoms with Crippen molar-refractivity contribution < 1.29 is 14.6 Å². The summed E-state index contributed by atoms with van der Waals surface area (Å²) < 4.78 is 10.6. The lowest BCUT2D eigenvalue weighted by atomic mass is 10.0. The first-order chi connectivity index (χ1) is 10.1. The van der Waals surface area contributed by atoms with Gasteiger partial charge in [0.15, 0.2) is 0 Å². The Labute approximate surface area is 134 Å². The van der Waals surface area contributed by atoms with Crippen LogP contribution in [0.15, 0.2) is 42.5 Å². The minimum Gasteiger partial charge on any atom is -0.491 e. The van der Waals surface area contributed by atoms with Gasteiger partial charge in [0.1, 0.15) is 18.5 Å². The topological polar surface area (TPSA) is 38.7 Å². The van der Waals surface area contributed by atoms with Gasteiger partial charge in [-0.1, -0.05) is 47.5 Å². The third-order valence-corrected chi connectivity index (χ3v) is 3.58. The van der Waals surface area contributed by atoms with E-state index in [1.807, 2.05) is 12.1 Å². The lowest BCUT2D eigenvalue weighted by Crippen LogP contribution is -2.08. The van der Waals surface area contributed by atoms with Crippen LogP contribution in [0.4, 0.5) is 0 Å². The molecule has 0 bridgehead atoms. The smallest absolute Gasteiger partial charge is 0.125 e. The van der Waals surface area contributed by atoms with Crippen molar-refractivity contribution in [3.05, 3.63) is 63.6 Å². The summed E-state index contributed by atoms with van der Waals surface area (Å²) >= 11 is 12.0. The minimum atomic E-state index is -0.881. The van der Waals surface area contributed by atoms with Gasteiger partial charge < -0.3 is 14.6 Å². The number of benzene rings is 2. The lowest BCUT2D eigenvalue weighted by molar-refractivity contribution is 0.142. The number of hydrogen-bond acceptors (Lipinski definition) is 3. The monoisotopic (exact) mass is 326 g/mol. The highest BCUT2D eigenvalue weighted by Crippen LogP contribution is 2.34. The molecule has 0 amide bonds. The summed E-state index contributed by atoms with van der Waals surface area (Å²) in [6.07, 6.45) is -0.881. The van der Waals surface area contributed by atoms with Gasteiger partial charge in [-0.05, 0) is 18.2 Å². The highest BCUT2D eigenvalue weighted by molar-refractivity contribution is 6.35. The van der Waals surface area contributed by atoms with Gasteiger partial charge in [-0.25, -0.2) is 0 Å². The third-order valence-electron chi connectivity index (χ3n) is 3.02. The maximum atomic E-state index is 10.6. The van der Waals surface area contributed by atoms with Crippen molar-refractivity contribution in [2.45, 2.75) is 6.10 Å². The zero-order valence-electron chi connectivity index (χ0n) is 11.6. The van der Waals surface area contributed by atoms with Gasteiger partial charge in [0.05, 0.1) is 6.61 Å². The molecule has 1 N–H and O–H groups in total. The lowest BCUT2D eigenvalue weighted by Gasteiger charge is -2.17. The van der Waals surface area contributed by atoms with Gasteiger partial charge in [-0.15, -0.1) is 0 Å². The molecule has 0 saturated heterocycles. The van der Waals surface area contributed by atoms with Crippen LogP contribution in [0.2, 0.25) is 10.0 Å². The Morgan fingerprint density at radius 2 is 1.81 bits per heavy atom. The fourth-order valence-corrected chi connectivity index (χ4v) is 2.48. The summed E-state index contributed by atoms with van der Waals surface area (Å²) in [5.74, 6) is 0.605. The summed E-state index contributed by atoms with van der Waals surface area (Å²) in [6, 6.07) is 12.3. The Hall–Kier alpha value is -1.26. The molecular formula is C16H16Cl2O3. The molecule has 2 rings (SSSR count). The first-order valence-electron chi connectivity index (χ1n) is 6.47. The molecule has 0 aliphatic heterocycles. The minimum absolute atomic E-state index is 0.411. The molecule has 1 unspecified atom stereocenters. The zero-order valence-corrected chi connectivity index (χ0v) is 13.1. The van der Waals surface area contributed by atoms with Crippen molar-refractivity contribution in [3.63, 3.8) is 0 Å². The van der Waals surface area contributed by atoms with Crippen molar-refractivity contribution in [1.82, 2.24) is 0 Å². The second-order valence-electron chi connectivity index (χ2n) is 4.45. The summed E-state index contributed by atoms with van der Waals surface area (Å²) in [6.45, 7) is 0.890. The first kappa shape index (κ1) is 16.1. The molecule has 3 nitrogen and oxygen atoms in total. The van der Waals surface area contributed by atoms with Crippen molar-refractivity contribution in [2.24, 2.45) is 0 Å². The summed E-state index contributed by atoms with van der Waals surface area (Å²) in [5.41, 5.74) is 1.24. The highest BCUT2D eigenvalue weighted by Gasteiger charge is 2.18. The average Bonchev–Trinajstić information content (AvgIpc) is 2.47. The van der Waals surface area contributed by atoms with E-state index in [0.717, 1.165) is 0 Å². The molecule has 2 aromatic rings. The average molecular weight is 327 g/mol. The number of rotatable bonds is 6. The molecule has 2 aromatic carbocycles. The molecule has 0 spiro atoms. The molecule has 112 valence electrons. The molecule has 0 aliphatic carbocycles. The van der Waals surface area contributed by atoms with E-state index in [-0.39, 0.29) is 0 Å². The van der Waals surface area contributed by atoms with Crippen LogP contribution in [0.3, 0.4) is 0 Å². The molecule has 0 radical (unpaired) electrons. The van der Waals surface area contributed by atoms with E-state index in [1.54, 1.807) is 37.4 Å². The molecule has 0 aliphatic rings. The van der Waals surface area contributed by atoms with Crippen LogP contribution in [-0.2, 0) is 4.74 Å². The number of methoxy groups -OCH3 is 1. The van der Waals surface area contributed by atoms with Crippen LogP contribution in [0, 0.1) is 0 Å². The molecule has 0 fully saturated rings. The predicted molar refractivity (Wildman–Crippen MR) is 84.3 cm³/mol. The number of ether oxygens (including phenoxy) is 2. The Bertz CT molecular complexity index is 602. The van der Waals surface area contributed by atoms with Crippen molar-refractivity contribution >= 4 is 23.2 Å². The standard InChI is InChI=1S/C16H16Cl2O3/c1-20-8-9-21-15-5-3-2-4-13(15)16(19)12-7-6-11(17)10-14(12)18/h2-7,10,16,19H,8-9H2,1H3. The molecular weight excluding hydrogens is 311 g/mol. The first-order valence-corrected chi connectivity index (χ1v) is 7.22. The quantitative estimate of drug-likeness (QED) is 0.812. The molecule has 5 heteroatoms. The van der Waals surface area contributed by atoms with E-state index in [2.05, 4.69) is 0 Å². The van der Waals surface area contributed by atoms with E-state index in [9.17, 15) is 5.11 Å². The summed E-state index contributed by atoms with van der Waals surface area (Å²) in [5, 5.41) is 11.5. The van der Waals surface area contributed by atoms with E-state index >= 15 is 0 Å². The summed E-state index contributed by atoms with van der Waals surface area (Å²) in [7, 11) is 1.61. The van der Waals surface area contributed by atoms with Crippen LogP contribution in [-0.4, -0.2) is 25.4 Å². The van der Waals surface area contributed by atoms with Gasteiger partial charge in [-0.2, -0.15) is 0 Å². The SMILES string of the molecule is COCCOc1ccccc1C(O)c1ccc(Cl)cc1Cl. The van der Waals surface area contributed by atoms with Crippen LogP contribution in [0.1, 0.15) is 17.2 Å². The number of aliphatic hydroxyl groups excluding tert-OH is 1. The normalized spacial score (nSPS) is 12.2. The second kappa shape index (κ2) is 7.66. The fourth-order valence-electron chi connectivity index (χ4n) is 1.96. The van der Waals surface area contributed by atoms with Crippen LogP contribution in [0.25, 0.3) is 0 Å². The Kier molecular flexibility index (Phi) is 5.88. The van der Waals surface area contributed by atoms with E-state index in [4.69, 9.17) is 32.7 Å². The van der Waals surface area contributed by atoms with E-state index in [0.29, 0.717) is 40.1 Å². The fraction of sp³-hybridized carbons (Fsp3) is 0.250. The van der Waals surface area contributed by atoms with Gasteiger partial charge in [-0.3, -0.25) is 0 Å². The summed E-state index contributed by atoms with van der Waals surface area (Å²) in [4.78, 5) is 0. The molecule has 0 heterocycles.